The van der Waals surface area contributed by atoms with Crippen LogP contribution in [-0.2, 0) is 4.79 Å². The average molecular weight is 389 g/mol. The fourth-order valence-corrected chi connectivity index (χ4v) is 2.43. The number of nitrogens with zero attached hydrogens (tertiary/aromatic N) is 3. The van der Waals surface area contributed by atoms with Crippen molar-refractivity contribution in [2.75, 3.05) is 18.5 Å². The van der Waals surface area contributed by atoms with E-state index in [1.165, 1.54) is 0 Å². The number of ether oxygens (including phenoxy) is 1. The second kappa shape index (κ2) is 14.4. The van der Waals surface area contributed by atoms with Crippen molar-refractivity contribution in [2.24, 2.45) is 0 Å². The van der Waals surface area contributed by atoms with E-state index in [1.807, 2.05) is 51.2 Å². The topological polar surface area (TPSA) is 87.6 Å². The van der Waals surface area contributed by atoms with Gasteiger partial charge in [-0.05, 0) is 51.0 Å². The number of unbranched alkanes of at least 4 members (excludes halogenated alkanes) is 3. The highest BCUT2D eigenvalue weighted by molar-refractivity contribution is 5.74. The summed E-state index contributed by atoms with van der Waals surface area (Å²) in [4.78, 5) is 21.0. The van der Waals surface area contributed by atoms with Crippen molar-refractivity contribution in [1.82, 2.24) is 15.4 Å². The summed E-state index contributed by atoms with van der Waals surface area (Å²) >= 11 is 0. The molecule has 0 saturated heterocycles. The SMILES string of the molecule is CC(C)Oc1ccncc1.CN(CCCCCCC(=O)NO)c1ccccn1. The van der Waals surface area contributed by atoms with Gasteiger partial charge in [0, 0.05) is 38.6 Å². The maximum atomic E-state index is 10.8. The molecule has 28 heavy (non-hydrogen) atoms. The number of hydroxylamine groups is 1. The molecule has 0 aliphatic heterocycles. The Bertz CT molecular complexity index is 639. The molecule has 0 bridgehead atoms. The number of hydrogen-bond acceptors (Lipinski definition) is 6. The van der Waals surface area contributed by atoms with Crippen molar-refractivity contribution in [2.45, 2.75) is 52.1 Å². The number of amides is 1. The molecule has 154 valence electrons. The predicted octanol–water partition coefficient (Wildman–Crippen LogP) is 3.84. The molecule has 7 heteroatoms. The lowest BCUT2D eigenvalue weighted by Gasteiger charge is -2.17. The summed E-state index contributed by atoms with van der Waals surface area (Å²) in [5, 5.41) is 8.32. The molecule has 0 spiro atoms. The molecule has 0 aromatic carbocycles. The normalized spacial score (nSPS) is 10.0. The van der Waals surface area contributed by atoms with Gasteiger partial charge in [0.05, 0.1) is 6.10 Å². The van der Waals surface area contributed by atoms with Crippen molar-refractivity contribution in [3.63, 3.8) is 0 Å². The maximum absolute atomic E-state index is 10.8. The minimum atomic E-state index is -0.305. The molecule has 2 aromatic heterocycles. The minimum Gasteiger partial charge on any atom is -0.491 e. The third kappa shape index (κ3) is 11.1. The van der Waals surface area contributed by atoms with Gasteiger partial charge in [-0.2, -0.15) is 0 Å². The maximum Gasteiger partial charge on any atom is 0.243 e. The van der Waals surface area contributed by atoms with E-state index in [0.717, 1.165) is 43.8 Å². The van der Waals surface area contributed by atoms with Gasteiger partial charge in [0.1, 0.15) is 11.6 Å². The van der Waals surface area contributed by atoms with Gasteiger partial charge in [0.2, 0.25) is 5.91 Å². The largest absolute Gasteiger partial charge is 0.491 e. The Morgan fingerprint density at radius 2 is 1.82 bits per heavy atom. The molecule has 0 atom stereocenters. The fraction of sp³-hybridized carbons (Fsp3) is 0.476. The van der Waals surface area contributed by atoms with Crippen LogP contribution in [0.25, 0.3) is 0 Å². The van der Waals surface area contributed by atoms with Crippen molar-refractivity contribution < 1.29 is 14.7 Å². The van der Waals surface area contributed by atoms with E-state index in [1.54, 1.807) is 24.1 Å². The van der Waals surface area contributed by atoms with Gasteiger partial charge < -0.3 is 9.64 Å². The third-order valence-corrected chi connectivity index (χ3v) is 3.83. The van der Waals surface area contributed by atoms with Crippen molar-refractivity contribution in [3.05, 3.63) is 48.9 Å². The number of rotatable bonds is 10. The van der Waals surface area contributed by atoms with Crippen LogP contribution in [0.2, 0.25) is 0 Å². The van der Waals surface area contributed by atoms with E-state index in [9.17, 15) is 4.79 Å². The molecule has 0 fully saturated rings. The molecule has 0 saturated carbocycles. The number of carbonyl (C=O) groups is 1. The summed E-state index contributed by atoms with van der Waals surface area (Å²) in [5.74, 6) is 1.56. The Morgan fingerprint density at radius 1 is 1.11 bits per heavy atom. The lowest BCUT2D eigenvalue weighted by molar-refractivity contribution is -0.129. The quantitative estimate of drug-likeness (QED) is 0.365. The standard InChI is InChI=1S/C13H21N3O2.C8H11NO/c1-16(12-8-5-6-10-14-12)11-7-3-2-4-9-13(17)15-18;1-7(2)10-8-3-5-9-6-4-8/h5-6,8,10,18H,2-4,7,9,11H2,1H3,(H,15,17);3-7H,1-2H3. The first-order valence-electron chi connectivity index (χ1n) is 9.64. The van der Waals surface area contributed by atoms with Crippen LogP contribution in [0, 0.1) is 0 Å². The molecule has 1 amide bonds. The van der Waals surface area contributed by atoms with E-state index >= 15 is 0 Å². The lowest BCUT2D eigenvalue weighted by Crippen LogP contribution is -2.19. The average Bonchev–Trinajstić information content (AvgIpc) is 2.71. The van der Waals surface area contributed by atoms with E-state index in [4.69, 9.17) is 9.94 Å². The number of hydrogen-bond donors (Lipinski definition) is 2. The van der Waals surface area contributed by atoms with Crippen LogP contribution < -0.4 is 15.1 Å². The molecule has 2 heterocycles. The zero-order chi connectivity index (χ0) is 20.6. The first-order chi connectivity index (χ1) is 13.5. The van der Waals surface area contributed by atoms with Crippen molar-refractivity contribution >= 4 is 11.7 Å². The molecular formula is C21H32N4O3. The van der Waals surface area contributed by atoms with Crippen LogP contribution in [-0.4, -0.2) is 40.8 Å². The number of aromatic nitrogens is 2. The number of carbonyl (C=O) groups excluding carboxylic acids is 1. The third-order valence-electron chi connectivity index (χ3n) is 3.83. The summed E-state index contributed by atoms with van der Waals surface area (Å²) in [6.45, 7) is 4.96. The highest BCUT2D eigenvalue weighted by Gasteiger charge is 2.01. The molecule has 0 unspecified atom stereocenters. The van der Waals surface area contributed by atoms with Gasteiger partial charge in [0.15, 0.2) is 0 Å². The van der Waals surface area contributed by atoms with Crippen LogP contribution in [0.1, 0.15) is 46.0 Å². The summed E-state index contributed by atoms with van der Waals surface area (Å²) in [6.07, 6.45) is 9.84. The number of nitrogens with one attached hydrogen (secondary N) is 1. The molecule has 0 aliphatic carbocycles. The Balaban J connectivity index is 0.000000330. The Morgan fingerprint density at radius 3 is 2.43 bits per heavy atom. The zero-order valence-electron chi connectivity index (χ0n) is 17.0. The smallest absolute Gasteiger partial charge is 0.243 e. The number of anilines is 1. The summed E-state index contributed by atoms with van der Waals surface area (Å²) in [7, 11) is 2.03. The van der Waals surface area contributed by atoms with Gasteiger partial charge in [-0.3, -0.25) is 15.0 Å². The van der Waals surface area contributed by atoms with Crippen molar-refractivity contribution in [3.8, 4) is 5.75 Å². The van der Waals surface area contributed by atoms with Crippen molar-refractivity contribution in [1.29, 1.82) is 0 Å². The molecule has 2 rings (SSSR count). The fourth-order valence-electron chi connectivity index (χ4n) is 2.43. The van der Waals surface area contributed by atoms with Gasteiger partial charge in [-0.15, -0.1) is 0 Å². The summed E-state index contributed by atoms with van der Waals surface area (Å²) in [5.41, 5.74) is 1.64. The van der Waals surface area contributed by atoms with Gasteiger partial charge >= 0.3 is 0 Å². The van der Waals surface area contributed by atoms with Gasteiger partial charge in [-0.1, -0.05) is 18.9 Å². The van der Waals surface area contributed by atoms with E-state index in [-0.39, 0.29) is 12.0 Å². The van der Waals surface area contributed by atoms with E-state index in [2.05, 4.69) is 14.9 Å². The van der Waals surface area contributed by atoms with Crippen LogP contribution in [0.3, 0.4) is 0 Å². The van der Waals surface area contributed by atoms with Gasteiger partial charge in [0.25, 0.3) is 0 Å². The Labute approximate surface area is 167 Å². The Hall–Kier alpha value is -2.67. The van der Waals surface area contributed by atoms with E-state index < -0.39 is 0 Å². The monoisotopic (exact) mass is 388 g/mol. The first kappa shape index (κ1) is 23.4. The molecule has 7 nitrogen and oxygen atoms in total. The highest BCUT2D eigenvalue weighted by Crippen LogP contribution is 2.10. The molecule has 2 aromatic rings. The number of pyridine rings is 2. The molecule has 0 radical (unpaired) electrons. The van der Waals surface area contributed by atoms with Crippen LogP contribution in [0.15, 0.2) is 48.9 Å². The van der Waals surface area contributed by atoms with Crippen LogP contribution in [0.4, 0.5) is 5.82 Å². The first-order valence-corrected chi connectivity index (χ1v) is 9.64. The predicted molar refractivity (Wildman–Crippen MR) is 111 cm³/mol. The summed E-state index contributed by atoms with van der Waals surface area (Å²) in [6, 6.07) is 9.57. The lowest BCUT2D eigenvalue weighted by atomic mass is 10.1. The zero-order valence-corrected chi connectivity index (χ0v) is 17.0. The molecular weight excluding hydrogens is 356 g/mol. The molecule has 2 N–H and O–H groups in total. The second-order valence-electron chi connectivity index (χ2n) is 6.66. The van der Waals surface area contributed by atoms with E-state index in [0.29, 0.717) is 6.42 Å². The summed E-state index contributed by atoms with van der Waals surface area (Å²) < 4.78 is 5.37. The minimum absolute atomic E-state index is 0.238. The Kier molecular flexibility index (Phi) is 12.0. The van der Waals surface area contributed by atoms with Crippen LogP contribution >= 0.6 is 0 Å². The van der Waals surface area contributed by atoms with Gasteiger partial charge in [-0.25, -0.2) is 10.5 Å². The second-order valence-corrected chi connectivity index (χ2v) is 6.66. The highest BCUT2D eigenvalue weighted by atomic mass is 16.5. The molecule has 0 aliphatic rings. The van der Waals surface area contributed by atoms with Crippen LogP contribution in [0.5, 0.6) is 5.75 Å².